The average Bonchev–Trinajstić information content (AvgIpc) is 2.74. The lowest BCUT2D eigenvalue weighted by molar-refractivity contribution is 0.0778. The van der Waals surface area contributed by atoms with Gasteiger partial charge in [-0.2, -0.15) is 0 Å². The summed E-state index contributed by atoms with van der Waals surface area (Å²) in [6.07, 6.45) is 1.56. The Morgan fingerprint density at radius 2 is 1.89 bits per heavy atom. The minimum Gasteiger partial charge on any atom is -0.507 e. The summed E-state index contributed by atoms with van der Waals surface area (Å²) in [6, 6.07) is 5.99. The minimum atomic E-state index is -0.448. The summed E-state index contributed by atoms with van der Waals surface area (Å²) in [7, 11) is 1.60. The van der Waals surface area contributed by atoms with E-state index in [2.05, 4.69) is 0 Å². The standard InChI is InChI=1S/C14H15NO4/c1-9-10(6-7-19-9)8-15(2)14(18)13-11(16)4-3-5-12(13)17/h3-7,16-17H,8H2,1-2H3. The van der Waals surface area contributed by atoms with Crippen LogP contribution in [0.1, 0.15) is 21.7 Å². The molecule has 0 spiro atoms. The van der Waals surface area contributed by atoms with Gasteiger partial charge in [-0.25, -0.2) is 0 Å². The van der Waals surface area contributed by atoms with Gasteiger partial charge in [-0.3, -0.25) is 4.79 Å². The van der Waals surface area contributed by atoms with Crippen LogP contribution in [-0.2, 0) is 6.54 Å². The molecule has 2 rings (SSSR count). The number of aromatic hydroxyl groups is 2. The third-order valence-corrected chi connectivity index (χ3v) is 2.95. The Labute approximate surface area is 110 Å². The van der Waals surface area contributed by atoms with Crippen LogP contribution in [0.5, 0.6) is 11.5 Å². The zero-order valence-corrected chi connectivity index (χ0v) is 10.8. The maximum Gasteiger partial charge on any atom is 0.261 e. The molecular formula is C14H15NO4. The number of aryl methyl sites for hydroxylation is 1. The van der Waals surface area contributed by atoms with Crippen LogP contribution >= 0.6 is 0 Å². The monoisotopic (exact) mass is 261 g/mol. The van der Waals surface area contributed by atoms with Crippen LogP contribution in [0.15, 0.2) is 34.9 Å². The fourth-order valence-electron chi connectivity index (χ4n) is 1.84. The van der Waals surface area contributed by atoms with E-state index in [1.54, 1.807) is 19.4 Å². The SMILES string of the molecule is Cc1occc1CN(C)C(=O)c1c(O)cccc1O. The summed E-state index contributed by atoms with van der Waals surface area (Å²) < 4.78 is 5.16. The van der Waals surface area contributed by atoms with E-state index in [1.807, 2.05) is 6.92 Å². The second-order valence-corrected chi connectivity index (χ2v) is 4.33. The van der Waals surface area contributed by atoms with Crippen LogP contribution in [0.3, 0.4) is 0 Å². The second kappa shape index (κ2) is 5.06. The summed E-state index contributed by atoms with van der Waals surface area (Å²) in [5, 5.41) is 19.3. The van der Waals surface area contributed by atoms with Crippen molar-refractivity contribution in [2.75, 3.05) is 7.05 Å². The Balaban J connectivity index is 2.22. The minimum absolute atomic E-state index is 0.0915. The van der Waals surface area contributed by atoms with Crippen molar-refractivity contribution in [3.8, 4) is 11.5 Å². The molecule has 0 saturated carbocycles. The number of furan rings is 1. The molecular weight excluding hydrogens is 246 g/mol. The van der Waals surface area contributed by atoms with Crippen LogP contribution in [0.2, 0.25) is 0 Å². The van der Waals surface area contributed by atoms with Crippen LogP contribution in [0.25, 0.3) is 0 Å². The highest BCUT2D eigenvalue weighted by Gasteiger charge is 2.20. The van der Waals surface area contributed by atoms with Gasteiger partial charge >= 0.3 is 0 Å². The molecule has 1 aromatic heterocycles. The van der Waals surface area contributed by atoms with E-state index in [9.17, 15) is 15.0 Å². The molecule has 19 heavy (non-hydrogen) atoms. The topological polar surface area (TPSA) is 73.9 Å². The van der Waals surface area contributed by atoms with E-state index in [4.69, 9.17) is 4.42 Å². The number of hydrogen-bond donors (Lipinski definition) is 2. The Morgan fingerprint density at radius 3 is 2.42 bits per heavy atom. The number of phenols is 2. The van der Waals surface area contributed by atoms with E-state index in [0.717, 1.165) is 11.3 Å². The number of nitrogens with zero attached hydrogens (tertiary/aromatic N) is 1. The largest absolute Gasteiger partial charge is 0.507 e. The van der Waals surface area contributed by atoms with Crippen molar-refractivity contribution in [1.82, 2.24) is 4.90 Å². The van der Waals surface area contributed by atoms with Crippen molar-refractivity contribution < 1.29 is 19.4 Å². The van der Waals surface area contributed by atoms with Crippen molar-refractivity contribution in [1.29, 1.82) is 0 Å². The maximum absolute atomic E-state index is 12.2. The highest BCUT2D eigenvalue weighted by atomic mass is 16.3. The predicted octanol–water partition coefficient (Wildman–Crippen LogP) is 2.27. The number of carbonyl (C=O) groups is 1. The Bertz CT molecular complexity index is 583. The average molecular weight is 261 g/mol. The quantitative estimate of drug-likeness (QED) is 0.888. The van der Waals surface area contributed by atoms with Gasteiger partial charge in [0.2, 0.25) is 0 Å². The van der Waals surface area contributed by atoms with Gasteiger partial charge in [0.15, 0.2) is 0 Å². The lowest BCUT2D eigenvalue weighted by atomic mass is 10.1. The van der Waals surface area contributed by atoms with Gasteiger partial charge in [0.25, 0.3) is 5.91 Å². The summed E-state index contributed by atoms with van der Waals surface area (Å²) >= 11 is 0. The van der Waals surface area contributed by atoms with Gasteiger partial charge in [-0.05, 0) is 25.1 Å². The van der Waals surface area contributed by atoms with E-state index < -0.39 is 5.91 Å². The molecule has 0 saturated heterocycles. The smallest absolute Gasteiger partial charge is 0.261 e. The maximum atomic E-state index is 12.2. The molecule has 0 aliphatic heterocycles. The Morgan fingerprint density at radius 1 is 1.26 bits per heavy atom. The molecule has 0 bridgehead atoms. The second-order valence-electron chi connectivity index (χ2n) is 4.33. The highest BCUT2D eigenvalue weighted by molar-refractivity contribution is 5.99. The first-order valence-electron chi connectivity index (χ1n) is 5.80. The van der Waals surface area contributed by atoms with Crippen molar-refractivity contribution in [3.05, 3.63) is 47.4 Å². The van der Waals surface area contributed by atoms with Gasteiger partial charge in [-0.1, -0.05) is 6.07 Å². The van der Waals surface area contributed by atoms with Gasteiger partial charge in [0, 0.05) is 19.2 Å². The number of carbonyl (C=O) groups excluding carboxylic acids is 1. The van der Waals surface area contributed by atoms with Crippen molar-refractivity contribution >= 4 is 5.91 Å². The number of amides is 1. The molecule has 1 aromatic carbocycles. The number of hydrogen-bond acceptors (Lipinski definition) is 4. The molecule has 0 aliphatic carbocycles. The molecule has 100 valence electrons. The fourth-order valence-corrected chi connectivity index (χ4v) is 1.84. The molecule has 5 heteroatoms. The van der Waals surface area contributed by atoms with Gasteiger partial charge in [0.05, 0.1) is 6.26 Å². The summed E-state index contributed by atoms with van der Waals surface area (Å²) in [6.45, 7) is 2.15. The first-order valence-corrected chi connectivity index (χ1v) is 5.80. The molecule has 2 aromatic rings. The first-order chi connectivity index (χ1) is 9.00. The molecule has 5 nitrogen and oxygen atoms in total. The Hall–Kier alpha value is -2.43. The fraction of sp³-hybridized carbons (Fsp3) is 0.214. The van der Waals surface area contributed by atoms with Crippen LogP contribution in [0, 0.1) is 6.92 Å². The molecule has 0 unspecified atom stereocenters. The van der Waals surface area contributed by atoms with Crippen molar-refractivity contribution in [2.45, 2.75) is 13.5 Å². The van der Waals surface area contributed by atoms with Crippen LogP contribution < -0.4 is 0 Å². The third kappa shape index (κ3) is 2.54. The normalized spacial score (nSPS) is 10.4. The predicted molar refractivity (Wildman–Crippen MR) is 69.0 cm³/mol. The van der Waals surface area contributed by atoms with Gasteiger partial charge < -0.3 is 19.5 Å². The number of phenolic OH excluding ortho intramolecular Hbond substituents is 2. The lowest BCUT2D eigenvalue weighted by Gasteiger charge is -2.18. The van der Waals surface area contributed by atoms with Gasteiger partial charge in [-0.15, -0.1) is 0 Å². The zero-order chi connectivity index (χ0) is 14.0. The Kier molecular flexibility index (Phi) is 3.46. The molecule has 0 aliphatic rings. The molecule has 1 amide bonds. The lowest BCUT2D eigenvalue weighted by Crippen LogP contribution is -2.26. The van der Waals surface area contributed by atoms with Gasteiger partial charge in [0.1, 0.15) is 22.8 Å². The molecule has 2 N–H and O–H groups in total. The molecule has 0 radical (unpaired) electrons. The van der Waals surface area contributed by atoms with Crippen LogP contribution in [0.4, 0.5) is 0 Å². The van der Waals surface area contributed by atoms with E-state index in [1.165, 1.54) is 23.1 Å². The van der Waals surface area contributed by atoms with E-state index in [-0.39, 0.29) is 17.1 Å². The zero-order valence-electron chi connectivity index (χ0n) is 10.8. The van der Waals surface area contributed by atoms with Crippen LogP contribution in [-0.4, -0.2) is 28.1 Å². The highest BCUT2D eigenvalue weighted by Crippen LogP contribution is 2.27. The first kappa shape index (κ1) is 13.0. The number of benzene rings is 1. The summed E-state index contributed by atoms with van der Waals surface area (Å²) in [5.74, 6) is -0.182. The summed E-state index contributed by atoms with van der Waals surface area (Å²) in [5.41, 5.74) is 0.789. The molecule has 1 heterocycles. The van der Waals surface area contributed by atoms with E-state index in [0.29, 0.717) is 6.54 Å². The molecule has 0 fully saturated rings. The summed E-state index contributed by atoms with van der Waals surface area (Å²) in [4.78, 5) is 13.6. The third-order valence-electron chi connectivity index (χ3n) is 2.95. The van der Waals surface area contributed by atoms with Crippen molar-refractivity contribution in [2.24, 2.45) is 0 Å². The number of rotatable bonds is 3. The molecule has 0 atom stereocenters. The van der Waals surface area contributed by atoms with Crippen molar-refractivity contribution in [3.63, 3.8) is 0 Å². The van der Waals surface area contributed by atoms with E-state index >= 15 is 0 Å².